The Morgan fingerprint density at radius 3 is 2.17 bits per heavy atom. The zero-order valence-electron chi connectivity index (χ0n) is 18.2. The second-order valence-electron chi connectivity index (χ2n) is 8.05. The summed E-state index contributed by atoms with van der Waals surface area (Å²) >= 11 is 0. The van der Waals surface area contributed by atoms with Gasteiger partial charge in [-0.1, -0.05) is 86.6 Å². The first-order chi connectivity index (χ1) is 14.3. The van der Waals surface area contributed by atoms with E-state index in [1.807, 2.05) is 6.07 Å². The molecule has 0 radical (unpaired) electrons. The number of carbonyl (C=O) groups is 1. The molecule has 1 saturated carbocycles. The Morgan fingerprint density at radius 2 is 1.52 bits per heavy atom. The maximum absolute atomic E-state index is 12.1. The fourth-order valence-electron chi connectivity index (χ4n) is 3.54. The summed E-state index contributed by atoms with van der Waals surface area (Å²) in [6.07, 6.45) is 25.6. The molecule has 0 heterocycles. The third kappa shape index (κ3) is 10.9. The number of unbranched alkanes of at least 4 members (excludes halogenated alkanes) is 5. The topological polar surface area (TPSA) is 29.1 Å². The van der Waals surface area contributed by atoms with E-state index in [1.165, 1.54) is 31.2 Å². The third-order valence-electron chi connectivity index (χ3n) is 5.41. The lowest BCUT2D eigenvalue weighted by Crippen LogP contribution is -2.26. The minimum absolute atomic E-state index is 0.211. The minimum atomic E-state index is 0.211. The van der Waals surface area contributed by atoms with Crippen molar-refractivity contribution in [1.29, 1.82) is 0 Å². The predicted octanol–water partition coefficient (Wildman–Crippen LogP) is 7.25. The maximum Gasteiger partial charge on any atom is 0.220 e. The van der Waals surface area contributed by atoms with Crippen molar-refractivity contribution < 1.29 is 4.79 Å². The molecule has 1 aliphatic carbocycles. The molecule has 1 aliphatic rings. The average molecular weight is 394 g/mol. The quantitative estimate of drug-likeness (QED) is 0.247. The number of hydrogen-bond donors (Lipinski definition) is 1. The van der Waals surface area contributed by atoms with Crippen molar-refractivity contribution in [3.8, 4) is 0 Å². The molecule has 1 aromatic rings. The molecule has 1 amide bonds. The summed E-state index contributed by atoms with van der Waals surface area (Å²) in [5, 5.41) is 3.18. The summed E-state index contributed by atoms with van der Waals surface area (Å²) in [4.78, 5) is 12.1. The lowest BCUT2D eigenvalue weighted by Gasteiger charge is -2.04. The van der Waals surface area contributed by atoms with Crippen LogP contribution in [0.25, 0.3) is 0 Å². The molecule has 2 atom stereocenters. The van der Waals surface area contributed by atoms with Crippen LogP contribution in [0.5, 0.6) is 0 Å². The van der Waals surface area contributed by atoms with E-state index in [1.54, 1.807) is 0 Å². The van der Waals surface area contributed by atoms with Crippen LogP contribution in [0.3, 0.4) is 0 Å². The van der Waals surface area contributed by atoms with Gasteiger partial charge in [-0.2, -0.15) is 0 Å². The van der Waals surface area contributed by atoms with Gasteiger partial charge in [0, 0.05) is 18.4 Å². The normalized spacial score (nSPS) is 18.8. The molecule has 1 fully saturated rings. The molecule has 158 valence electrons. The molecule has 0 bridgehead atoms. The molecule has 2 nitrogen and oxygen atoms in total. The van der Waals surface area contributed by atoms with E-state index in [2.05, 4.69) is 73.0 Å². The summed E-state index contributed by atoms with van der Waals surface area (Å²) in [5.41, 5.74) is 1.35. The van der Waals surface area contributed by atoms with Crippen LogP contribution in [0.15, 0.2) is 66.8 Å². The van der Waals surface area contributed by atoms with Gasteiger partial charge in [0.1, 0.15) is 0 Å². The molecule has 0 aromatic heterocycles. The van der Waals surface area contributed by atoms with Gasteiger partial charge in [-0.25, -0.2) is 0 Å². The Bertz CT molecular complexity index is 644. The second-order valence-corrected chi connectivity index (χ2v) is 8.05. The largest absolute Gasteiger partial charge is 0.353 e. The van der Waals surface area contributed by atoms with Crippen molar-refractivity contribution in [1.82, 2.24) is 5.32 Å². The summed E-state index contributed by atoms with van der Waals surface area (Å²) in [5.74, 6) is 0.732. The molecule has 0 spiro atoms. The van der Waals surface area contributed by atoms with Gasteiger partial charge in [0.25, 0.3) is 0 Å². The SMILES string of the molecule is CCCCCC=CCC=CCC=CCCCCC(=O)N[C@@H]1C[C@H]1c1ccccc1. The number of amides is 1. The highest BCUT2D eigenvalue weighted by atomic mass is 16.1. The maximum atomic E-state index is 12.1. The highest BCUT2D eigenvalue weighted by Gasteiger charge is 2.39. The van der Waals surface area contributed by atoms with Gasteiger partial charge >= 0.3 is 0 Å². The first-order valence-corrected chi connectivity index (χ1v) is 11.6. The molecule has 1 N–H and O–H groups in total. The third-order valence-corrected chi connectivity index (χ3v) is 5.41. The van der Waals surface area contributed by atoms with Gasteiger partial charge in [-0.3, -0.25) is 4.79 Å². The van der Waals surface area contributed by atoms with E-state index >= 15 is 0 Å². The monoisotopic (exact) mass is 393 g/mol. The smallest absolute Gasteiger partial charge is 0.220 e. The van der Waals surface area contributed by atoms with E-state index in [9.17, 15) is 4.79 Å². The molecule has 0 aliphatic heterocycles. The molecular weight excluding hydrogens is 354 g/mol. The van der Waals surface area contributed by atoms with Crippen LogP contribution in [-0.4, -0.2) is 11.9 Å². The number of carbonyl (C=O) groups excluding carboxylic acids is 1. The van der Waals surface area contributed by atoms with Gasteiger partial charge in [0.05, 0.1) is 0 Å². The van der Waals surface area contributed by atoms with Gasteiger partial charge in [-0.05, 0) is 56.9 Å². The fourth-order valence-corrected chi connectivity index (χ4v) is 3.54. The molecule has 1 aromatic carbocycles. The Kier molecular flexibility index (Phi) is 11.9. The van der Waals surface area contributed by atoms with Crippen molar-refractivity contribution in [2.24, 2.45) is 0 Å². The van der Waals surface area contributed by atoms with Gasteiger partial charge < -0.3 is 5.32 Å². The summed E-state index contributed by atoms with van der Waals surface area (Å²) in [6, 6.07) is 10.8. The lowest BCUT2D eigenvalue weighted by molar-refractivity contribution is -0.121. The highest BCUT2D eigenvalue weighted by molar-refractivity contribution is 5.76. The molecule has 0 saturated heterocycles. The van der Waals surface area contributed by atoms with Crippen molar-refractivity contribution in [3.05, 3.63) is 72.4 Å². The van der Waals surface area contributed by atoms with Gasteiger partial charge in [0.2, 0.25) is 5.91 Å². The number of rotatable bonds is 15. The molecular formula is C27H39NO. The minimum Gasteiger partial charge on any atom is -0.353 e. The van der Waals surface area contributed by atoms with E-state index in [4.69, 9.17) is 0 Å². The first kappa shape index (κ1) is 23.2. The van der Waals surface area contributed by atoms with Crippen LogP contribution in [-0.2, 0) is 4.79 Å². The average Bonchev–Trinajstić information content (AvgIpc) is 3.50. The van der Waals surface area contributed by atoms with Crippen molar-refractivity contribution in [2.45, 2.75) is 89.5 Å². The molecule has 2 heteroatoms. The van der Waals surface area contributed by atoms with Crippen LogP contribution in [0.1, 0.15) is 89.0 Å². The first-order valence-electron chi connectivity index (χ1n) is 11.6. The Hall–Kier alpha value is -2.09. The Labute approximate surface area is 178 Å². The van der Waals surface area contributed by atoms with Crippen LogP contribution in [0, 0.1) is 0 Å². The van der Waals surface area contributed by atoms with E-state index < -0.39 is 0 Å². The summed E-state index contributed by atoms with van der Waals surface area (Å²) in [6.45, 7) is 2.24. The second kappa shape index (κ2) is 14.8. The van der Waals surface area contributed by atoms with Crippen LogP contribution in [0.4, 0.5) is 0 Å². The molecule has 2 rings (SSSR count). The predicted molar refractivity (Wildman–Crippen MR) is 125 cm³/mol. The Balaban J connectivity index is 1.41. The highest BCUT2D eigenvalue weighted by Crippen LogP contribution is 2.40. The van der Waals surface area contributed by atoms with Crippen molar-refractivity contribution >= 4 is 5.91 Å². The number of nitrogens with one attached hydrogen (secondary N) is 1. The van der Waals surface area contributed by atoms with Crippen molar-refractivity contribution in [2.75, 3.05) is 0 Å². The van der Waals surface area contributed by atoms with Crippen LogP contribution in [0.2, 0.25) is 0 Å². The number of allylic oxidation sites excluding steroid dienone is 6. The molecule has 29 heavy (non-hydrogen) atoms. The summed E-state index contributed by atoms with van der Waals surface area (Å²) < 4.78 is 0. The Morgan fingerprint density at radius 1 is 0.897 bits per heavy atom. The number of hydrogen-bond acceptors (Lipinski definition) is 1. The molecule has 0 unspecified atom stereocenters. The summed E-state index contributed by atoms with van der Waals surface area (Å²) in [7, 11) is 0. The number of benzene rings is 1. The van der Waals surface area contributed by atoms with Crippen molar-refractivity contribution in [3.63, 3.8) is 0 Å². The fraction of sp³-hybridized carbons (Fsp3) is 0.519. The van der Waals surface area contributed by atoms with Gasteiger partial charge in [-0.15, -0.1) is 0 Å². The van der Waals surface area contributed by atoms with E-state index in [0.29, 0.717) is 18.4 Å². The van der Waals surface area contributed by atoms with Crippen LogP contribution < -0.4 is 5.32 Å². The zero-order chi connectivity index (χ0) is 20.6. The van der Waals surface area contributed by atoms with E-state index in [0.717, 1.165) is 38.5 Å². The zero-order valence-corrected chi connectivity index (χ0v) is 18.2. The standard InChI is InChI=1S/C27H39NO/c1-2-3-4-5-6-7-8-9-10-11-12-13-14-15-19-22-27(29)28-26-23-25(26)24-20-17-16-18-21-24/h6-7,9-10,12-13,16-18,20-21,25-26H,2-5,8,11,14-15,19,22-23H2,1H3,(H,28,29)/t25-,26+/m0/s1. The van der Waals surface area contributed by atoms with E-state index in [-0.39, 0.29) is 5.91 Å². The van der Waals surface area contributed by atoms with Crippen LogP contribution >= 0.6 is 0 Å². The lowest BCUT2D eigenvalue weighted by atomic mass is 10.1. The van der Waals surface area contributed by atoms with Gasteiger partial charge in [0.15, 0.2) is 0 Å².